The van der Waals surface area contributed by atoms with Gasteiger partial charge < -0.3 is 5.11 Å². The molecule has 0 bridgehead atoms. The monoisotopic (exact) mass is 381 g/mol. The summed E-state index contributed by atoms with van der Waals surface area (Å²) >= 11 is 0. The minimum absolute atomic E-state index is 0.223. The van der Waals surface area contributed by atoms with Gasteiger partial charge in [0, 0.05) is 16.8 Å². The summed E-state index contributed by atoms with van der Waals surface area (Å²) in [7, 11) is 0. The molecule has 28 heavy (non-hydrogen) atoms. The zero-order valence-corrected chi connectivity index (χ0v) is 16.7. The van der Waals surface area contributed by atoms with Crippen LogP contribution >= 0.6 is 0 Å². The van der Waals surface area contributed by atoms with E-state index in [0.717, 1.165) is 11.4 Å². The normalized spacial score (nSPS) is 13.7. The number of hydrogen-bond donors (Lipinski definition) is 1. The summed E-state index contributed by atoms with van der Waals surface area (Å²) < 4.78 is 16.9. The van der Waals surface area contributed by atoms with Crippen molar-refractivity contribution in [1.82, 2.24) is 24.3 Å². The minimum Gasteiger partial charge on any atom is -0.371 e. The molecule has 0 amide bonds. The van der Waals surface area contributed by atoms with E-state index in [1.165, 1.54) is 16.8 Å². The lowest BCUT2D eigenvalue weighted by atomic mass is 9.94. The van der Waals surface area contributed by atoms with Gasteiger partial charge in [-0.3, -0.25) is 4.57 Å². The number of aromatic nitrogens is 5. The summed E-state index contributed by atoms with van der Waals surface area (Å²) in [6.45, 7) is 10.0. The Hall–Kier alpha value is -2.80. The van der Waals surface area contributed by atoms with Gasteiger partial charge in [-0.05, 0) is 36.2 Å². The van der Waals surface area contributed by atoms with Gasteiger partial charge >= 0.3 is 0 Å². The molecule has 1 aromatic carbocycles. The van der Waals surface area contributed by atoms with Crippen LogP contribution in [0.5, 0.6) is 0 Å². The van der Waals surface area contributed by atoms with Crippen molar-refractivity contribution in [2.24, 2.45) is 5.41 Å². The summed E-state index contributed by atoms with van der Waals surface area (Å²) in [5.74, 6) is -0.0574. The van der Waals surface area contributed by atoms with Crippen LogP contribution in [0, 0.1) is 11.2 Å². The molecule has 3 heterocycles. The molecule has 0 aliphatic heterocycles. The topological polar surface area (TPSA) is 68.8 Å². The van der Waals surface area contributed by atoms with Crippen molar-refractivity contribution in [1.29, 1.82) is 0 Å². The van der Waals surface area contributed by atoms with Crippen molar-refractivity contribution in [2.45, 2.75) is 46.8 Å². The van der Waals surface area contributed by atoms with Crippen LogP contribution in [0.15, 0.2) is 36.5 Å². The molecule has 1 N–H and O–H groups in total. The summed E-state index contributed by atoms with van der Waals surface area (Å²) in [5, 5.41) is 15.0. The first-order valence-electron chi connectivity index (χ1n) is 9.37. The third-order valence-electron chi connectivity index (χ3n) is 4.87. The molecular formula is C21H24FN5O. The SMILES string of the molecule is CC(C)c1cc2nc3c(cnn3C(O)C(C)(C)C)nc2n1-c1ccc(F)cc1. The number of halogens is 1. The second-order valence-corrected chi connectivity index (χ2v) is 8.51. The van der Waals surface area contributed by atoms with E-state index in [4.69, 9.17) is 9.97 Å². The van der Waals surface area contributed by atoms with Gasteiger partial charge in [0.05, 0.1) is 6.20 Å². The summed E-state index contributed by atoms with van der Waals surface area (Å²) in [5.41, 5.74) is 4.02. The number of benzene rings is 1. The average Bonchev–Trinajstić information content (AvgIpc) is 3.20. The maximum absolute atomic E-state index is 13.4. The molecule has 0 aliphatic carbocycles. The number of aliphatic hydroxyl groups is 1. The van der Waals surface area contributed by atoms with Crippen LogP contribution in [0.4, 0.5) is 4.39 Å². The Labute approximate surface area is 162 Å². The van der Waals surface area contributed by atoms with Gasteiger partial charge in [0.2, 0.25) is 0 Å². The molecule has 4 aromatic rings. The lowest BCUT2D eigenvalue weighted by Gasteiger charge is -2.25. The third kappa shape index (κ3) is 2.96. The molecule has 0 spiro atoms. The van der Waals surface area contributed by atoms with Gasteiger partial charge in [0.1, 0.15) is 16.9 Å². The molecular weight excluding hydrogens is 357 g/mol. The fraction of sp³-hybridized carbons (Fsp3) is 0.381. The van der Waals surface area contributed by atoms with Gasteiger partial charge in [0.15, 0.2) is 17.5 Å². The van der Waals surface area contributed by atoms with E-state index in [9.17, 15) is 9.50 Å². The second kappa shape index (κ2) is 6.38. The predicted molar refractivity (Wildman–Crippen MR) is 107 cm³/mol. The number of rotatable bonds is 3. The zero-order chi connectivity index (χ0) is 20.2. The van der Waals surface area contributed by atoms with Gasteiger partial charge in [-0.2, -0.15) is 5.10 Å². The summed E-state index contributed by atoms with van der Waals surface area (Å²) in [4.78, 5) is 9.54. The van der Waals surface area contributed by atoms with Crippen molar-refractivity contribution < 1.29 is 9.50 Å². The predicted octanol–water partition coefficient (Wildman–Crippen LogP) is 4.57. The van der Waals surface area contributed by atoms with Crippen molar-refractivity contribution in [2.75, 3.05) is 0 Å². The van der Waals surface area contributed by atoms with Crippen molar-refractivity contribution >= 4 is 22.3 Å². The van der Waals surface area contributed by atoms with Crippen LogP contribution in [-0.2, 0) is 0 Å². The standard InChI is InChI=1S/C21H24FN5O/c1-12(2)17-10-15-18(26(17)14-8-6-13(22)7-9-14)25-16-11-23-27(19(16)24-15)20(28)21(3,4)5/h6-12,20,28H,1-5H3. The maximum atomic E-state index is 13.4. The Bertz CT molecular complexity index is 1150. The van der Waals surface area contributed by atoms with Gasteiger partial charge in [-0.1, -0.05) is 34.6 Å². The zero-order valence-electron chi connectivity index (χ0n) is 16.7. The van der Waals surface area contributed by atoms with E-state index in [1.54, 1.807) is 18.3 Å². The lowest BCUT2D eigenvalue weighted by Crippen LogP contribution is -2.25. The molecule has 1 unspecified atom stereocenters. The molecule has 7 heteroatoms. The highest BCUT2D eigenvalue weighted by Gasteiger charge is 2.27. The number of hydrogen-bond acceptors (Lipinski definition) is 4. The Morgan fingerprint density at radius 1 is 1.00 bits per heavy atom. The first kappa shape index (κ1) is 18.6. The van der Waals surface area contributed by atoms with Gasteiger partial charge in [0.25, 0.3) is 0 Å². The molecule has 6 nitrogen and oxygen atoms in total. The Balaban J connectivity index is 1.98. The lowest BCUT2D eigenvalue weighted by molar-refractivity contribution is -0.00684. The molecule has 4 rings (SSSR count). The minimum atomic E-state index is -0.819. The first-order valence-corrected chi connectivity index (χ1v) is 9.37. The van der Waals surface area contributed by atoms with E-state index >= 15 is 0 Å². The highest BCUT2D eigenvalue weighted by molar-refractivity contribution is 5.85. The molecule has 3 aromatic heterocycles. The van der Waals surface area contributed by atoms with E-state index in [-0.39, 0.29) is 11.7 Å². The molecule has 1 atom stereocenters. The van der Waals surface area contributed by atoms with E-state index in [1.807, 2.05) is 31.4 Å². The highest BCUT2D eigenvalue weighted by atomic mass is 19.1. The Morgan fingerprint density at radius 3 is 2.25 bits per heavy atom. The first-order chi connectivity index (χ1) is 13.2. The highest BCUT2D eigenvalue weighted by Crippen LogP contribution is 2.32. The summed E-state index contributed by atoms with van der Waals surface area (Å²) in [6.07, 6.45) is 0.800. The third-order valence-corrected chi connectivity index (χ3v) is 4.87. The van der Waals surface area contributed by atoms with Crippen LogP contribution in [-0.4, -0.2) is 29.4 Å². The summed E-state index contributed by atoms with van der Waals surface area (Å²) in [6, 6.07) is 8.35. The number of aliphatic hydroxyl groups excluding tert-OH is 1. The molecule has 0 radical (unpaired) electrons. The van der Waals surface area contributed by atoms with E-state index < -0.39 is 11.6 Å². The molecule has 0 fully saturated rings. The molecule has 146 valence electrons. The van der Waals surface area contributed by atoms with Crippen LogP contribution in [0.3, 0.4) is 0 Å². The number of fused-ring (bicyclic) bond motifs is 2. The Morgan fingerprint density at radius 2 is 1.64 bits per heavy atom. The van der Waals surface area contributed by atoms with Crippen LogP contribution < -0.4 is 0 Å². The van der Waals surface area contributed by atoms with Crippen molar-refractivity contribution in [3.63, 3.8) is 0 Å². The quantitative estimate of drug-likeness (QED) is 0.564. The van der Waals surface area contributed by atoms with Crippen LogP contribution in [0.25, 0.3) is 28.0 Å². The van der Waals surface area contributed by atoms with Crippen LogP contribution in [0.2, 0.25) is 0 Å². The van der Waals surface area contributed by atoms with Gasteiger partial charge in [-0.15, -0.1) is 0 Å². The molecule has 0 saturated carbocycles. The molecule has 0 aliphatic rings. The van der Waals surface area contributed by atoms with Crippen LogP contribution in [0.1, 0.15) is 52.5 Å². The molecule has 0 saturated heterocycles. The fourth-order valence-electron chi connectivity index (χ4n) is 3.29. The largest absolute Gasteiger partial charge is 0.371 e. The van der Waals surface area contributed by atoms with Crippen molar-refractivity contribution in [3.05, 3.63) is 48.0 Å². The average molecular weight is 381 g/mol. The fourth-order valence-corrected chi connectivity index (χ4v) is 3.29. The second-order valence-electron chi connectivity index (χ2n) is 8.51. The van der Waals surface area contributed by atoms with E-state index in [0.29, 0.717) is 22.3 Å². The maximum Gasteiger partial charge on any atom is 0.180 e. The van der Waals surface area contributed by atoms with E-state index in [2.05, 4.69) is 18.9 Å². The number of nitrogens with zero attached hydrogens (tertiary/aromatic N) is 5. The smallest absolute Gasteiger partial charge is 0.180 e. The Kier molecular flexibility index (Phi) is 4.23. The van der Waals surface area contributed by atoms with Gasteiger partial charge in [-0.25, -0.2) is 19.0 Å². The van der Waals surface area contributed by atoms with Crippen molar-refractivity contribution in [3.8, 4) is 5.69 Å².